The van der Waals surface area contributed by atoms with Gasteiger partial charge in [0, 0.05) is 31.2 Å². The number of benzene rings is 1. The Morgan fingerprint density at radius 3 is 2.79 bits per heavy atom. The van der Waals surface area contributed by atoms with Crippen molar-refractivity contribution in [3.05, 3.63) is 68.4 Å². The minimum Gasteiger partial charge on any atom is -0.296 e. The SMILES string of the molecule is O=c1c2cc(Cl)c(Cl)cc2nc2n1CC[C@@H]1[C@@H]2CCCN1Cc1ccccn1. The molecule has 0 saturated carbocycles. The van der Waals surface area contributed by atoms with Gasteiger partial charge in [-0.15, -0.1) is 0 Å². The average Bonchev–Trinajstić information content (AvgIpc) is 2.71. The molecule has 0 aliphatic carbocycles. The first-order chi connectivity index (χ1) is 13.6. The summed E-state index contributed by atoms with van der Waals surface area (Å²) in [6.45, 7) is 2.56. The van der Waals surface area contributed by atoms with Crippen molar-refractivity contribution in [2.75, 3.05) is 6.54 Å². The van der Waals surface area contributed by atoms with E-state index >= 15 is 0 Å². The first kappa shape index (κ1) is 18.1. The van der Waals surface area contributed by atoms with Gasteiger partial charge in [0.1, 0.15) is 5.82 Å². The molecule has 0 radical (unpaired) electrons. The van der Waals surface area contributed by atoms with Crippen molar-refractivity contribution in [1.29, 1.82) is 0 Å². The number of rotatable bonds is 2. The second-order valence-corrected chi connectivity index (χ2v) is 8.42. The molecule has 2 aliphatic rings. The van der Waals surface area contributed by atoms with Gasteiger partial charge < -0.3 is 0 Å². The molecule has 4 heterocycles. The van der Waals surface area contributed by atoms with Crippen LogP contribution in [0.4, 0.5) is 0 Å². The van der Waals surface area contributed by atoms with Crippen molar-refractivity contribution in [2.24, 2.45) is 0 Å². The summed E-state index contributed by atoms with van der Waals surface area (Å²) in [4.78, 5) is 25.0. The third kappa shape index (κ3) is 3.02. The number of hydrogen-bond donors (Lipinski definition) is 0. The average molecular weight is 415 g/mol. The molecule has 0 unspecified atom stereocenters. The minimum atomic E-state index is -0.0149. The summed E-state index contributed by atoms with van der Waals surface area (Å²) in [5, 5.41) is 1.36. The fourth-order valence-electron chi connectivity index (χ4n) is 4.70. The van der Waals surface area contributed by atoms with E-state index in [0.29, 0.717) is 33.5 Å². The van der Waals surface area contributed by atoms with E-state index in [4.69, 9.17) is 28.2 Å². The van der Waals surface area contributed by atoms with Gasteiger partial charge in [-0.3, -0.25) is 19.2 Å². The van der Waals surface area contributed by atoms with Gasteiger partial charge in [-0.2, -0.15) is 0 Å². The van der Waals surface area contributed by atoms with Gasteiger partial charge in [0.15, 0.2) is 0 Å². The van der Waals surface area contributed by atoms with Gasteiger partial charge in [-0.05, 0) is 50.1 Å². The lowest BCUT2D eigenvalue weighted by Gasteiger charge is -2.44. The first-order valence-corrected chi connectivity index (χ1v) is 10.4. The molecule has 1 aromatic carbocycles. The minimum absolute atomic E-state index is 0.0149. The van der Waals surface area contributed by atoms with E-state index in [1.807, 2.05) is 22.9 Å². The predicted octanol–water partition coefficient (Wildman–Crippen LogP) is 4.25. The smallest absolute Gasteiger partial charge is 0.261 e. The van der Waals surface area contributed by atoms with Crippen LogP contribution in [0.1, 0.15) is 36.7 Å². The van der Waals surface area contributed by atoms with Crippen LogP contribution in [-0.2, 0) is 13.1 Å². The fourth-order valence-corrected chi connectivity index (χ4v) is 5.02. The highest BCUT2D eigenvalue weighted by Crippen LogP contribution is 2.38. The van der Waals surface area contributed by atoms with Crippen LogP contribution in [0.2, 0.25) is 10.0 Å². The van der Waals surface area contributed by atoms with Crippen LogP contribution >= 0.6 is 23.2 Å². The van der Waals surface area contributed by atoms with E-state index in [0.717, 1.165) is 43.9 Å². The van der Waals surface area contributed by atoms with Crippen LogP contribution in [0.15, 0.2) is 41.3 Å². The second kappa shape index (κ2) is 7.14. The Hall–Kier alpha value is -1.95. The molecule has 144 valence electrons. The van der Waals surface area contributed by atoms with E-state index in [1.165, 1.54) is 0 Å². The standard InChI is InChI=1S/C21H20Cl2N4O/c22-16-10-15-18(11-17(16)23)25-20-14-5-3-8-26(12-13-4-1-2-7-24-13)19(14)6-9-27(20)21(15)28/h1-2,4,7,10-11,14,19H,3,5-6,8-9,12H2/t14-,19+/m0/s1. The predicted molar refractivity (Wildman–Crippen MR) is 111 cm³/mol. The van der Waals surface area contributed by atoms with Crippen molar-refractivity contribution >= 4 is 34.1 Å². The lowest BCUT2D eigenvalue weighted by Crippen LogP contribution is -2.49. The van der Waals surface area contributed by atoms with E-state index in [9.17, 15) is 4.79 Å². The molecule has 3 aromatic rings. The summed E-state index contributed by atoms with van der Waals surface area (Å²) in [7, 11) is 0. The third-order valence-corrected chi connectivity index (χ3v) is 6.71. The number of aromatic nitrogens is 3. The second-order valence-electron chi connectivity index (χ2n) is 7.61. The Morgan fingerprint density at radius 2 is 1.96 bits per heavy atom. The largest absolute Gasteiger partial charge is 0.296 e. The molecule has 28 heavy (non-hydrogen) atoms. The Kier molecular flexibility index (Phi) is 4.62. The van der Waals surface area contributed by atoms with E-state index < -0.39 is 0 Å². The highest BCUT2D eigenvalue weighted by atomic mass is 35.5. The molecular formula is C21H20Cl2N4O. The summed E-state index contributed by atoms with van der Waals surface area (Å²) in [6.07, 6.45) is 4.92. The maximum atomic E-state index is 13.1. The molecule has 1 fully saturated rings. The Balaban J connectivity index is 1.55. The van der Waals surface area contributed by atoms with E-state index in [2.05, 4.69) is 16.0 Å². The Bertz CT molecular complexity index is 1100. The van der Waals surface area contributed by atoms with E-state index in [1.54, 1.807) is 12.1 Å². The van der Waals surface area contributed by atoms with Crippen molar-refractivity contribution in [2.45, 2.75) is 44.3 Å². The zero-order valence-electron chi connectivity index (χ0n) is 15.3. The van der Waals surface area contributed by atoms with Gasteiger partial charge in [0.05, 0.1) is 26.6 Å². The Morgan fingerprint density at radius 1 is 1.11 bits per heavy atom. The topological polar surface area (TPSA) is 51.0 Å². The molecule has 0 bridgehead atoms. The molecule has 0 amide bonds. The van der Waals surface area contributed by atoms with Crippen LogP contribution < -0.4 is 5.56 Å². The fraction of sp³-hybridized carbons (Fsp3) is 0.381. The van der Waals surface area contributed by atoms with Gasteiger partial charge in [0.2, 0.25) is 0 Å². The van der Waals surface area contributed by atoms with Crippen molar-refractivity contribution < 1.29 is 0 Å². The van der Waals surface area contributed by atoms with E-state index in [-0.39, 0.29) is 11.5 Å². The summed E-state index contributed by atoms with van der Waals surface area (Å²) < 4.78 is 1.85. The van der Waals surface area contributed by atoms with Crippen molar-refractivity contribution in [3.8, 4) is 0 Å². The van der Waals surface area contributed by atoms with Crippen LogP contribution in [0.3, 0.4) is 0 Å². The maximum Gasteiger partial charge on any atom is 0.261 e. The zero-order valence-corrected chi connectivity index (χ0v) is 16.8. The quantitative estimate of drug-likeness (QED) is 0.628. The van der Waals surface area contributed by atoms with Crippen molar-refractivity contribution in [1.82, 2.24) is 19.4 Å². The summed E-state index contributed by atoms with van der Waals surface area (Å²) in [5.74, 6) is 1.13. The summed E-state index contributed by atoms with van der Waals surface area (Å²) in [5.41, 5.74) is 1.70. The molecule has 2 aliphatic heterocycles. The number of pyridine rings is 1. The number of likely N-dealkylation sites (tertiary alicyclic amines) is 1. The maximum absolute atomic E-state index is 13.1. The monoisotopic (exact) mass is 414 g/mol. The third-order valence-electron chi connectivity index (χ3n) is 5.99. The zero-order chi connectivity index (χ0) is 19.3. The van der Waals surface area contributed by atoms with Gasteiger partial charge >= 0.3 is 0 Å². The number of fused-ring (bicyclic) bond motifs is 4. The normalized spacial score (nSPS) is 22.1. The lowest BCUT2D eigenvalue weighted by atomic mass is 9.83. The number of nitrogens with zero attached hydrogens (tertiary/aromatic N) is 4. The molecule has 7 heteroatoms. The van der Waals surface area contributed by atoms with Gasteiger partial charge in [-0.1, -0.05) is 29.3 Å². The number of halogens is 2. The number of piperidine rings is 1. The highest BCUT2D eigenvalue weighted by molar-refractivity contribution is 6.42. The molecule has 0 N–H and O–H groups in total. The summed E-state index contributed by atoms with van der Waals surface area (Å²) in [6, 6.07) is 9.77. The van der Waals surface area contributed by atoms with Crippen LogP contribution in [0, 0.1) is 0 Å². The molecule has 2 aromatic heterocycles. The highest BCUT2D eigenvalue weighted by Gasteiger charge is 2.38. The molecule has 1 saturated heterocycles. The number of hydrogen-bond acceptors (Lipinski definition) is 4. The summed E-state index contributed by atoms with van der Waals surface area (Å²) >= 11 is 12.3. The molecule has 5 nitrogen and oxygen atoms in total. The van der Waals surface area contributed by atoms with Crippen LogP contribution in [0.5, 0.6) is 0 Å². The molecule has 2 atom stereocenters. The Labute approximate surface area is 172 Å². The van der Waals surface area contributed by atoms with Crippen LogP contribution in [0.25, 0.3) is 10.9 Å². The van der Waals surface area contributed by atoms with Gasteiger partial charge in [-0.25, -0.2) is 4.98 Å². The lowest BCUT2D eigenvalue weighted by molar-refractivity contribution is 0.0877. The molecule has 0 spiro atoms. The van der Waals surface area contributed by atoms with Crippen LogP contribution in [-0.4, -0.2) is 32.0 Å². The van der Waals surface area contributed by atoms with Gasteiger partial charge in [0.25, 0.3) is 5.56 Å². The first-order valence-electron chi connectivity index (χ1n) is 9.65. The molecule has 5 rings (SSSR count). The molecular weight excluding hydrogens is 395 g/mol. The van der Waals surface area contributed by atoms with Crippen molar-refractivity contribution in [3.63, 3.8) is 0 Å².